The minimum Gasteiger partial charge on any atom is -0.493 e. The van der Waals surface area contributed by atoms with Crippen LogP contribution in [0, 0.1) is 11.6 Å². The van der Waals surface area contributed by atoms with Crippen LogP contribution in [0.15, 0.2) is 42.9 Å². The van der Waals surface area contributed by atoms with Crippen LogP contribution in [0.25, 0.3) is 16.6 Å². The predicted molar refractivity (Wildman–Crippen MR) is 122 cm³/mol. The Morgan fingerprint density at radius 2 is 1.97 bits per heavy atom. The molecule has 0 fully saturated rings. The molecular formula is C25H19F4N5O2. The van der Waals surface area contributed by atoms with Gasteiger partial charge in [-0.1, -0.05) is 6.07 Å². The molecule has 0 aliphatic carbocycles. The summed E-state index contributed by atoms with van der Waals surface area (Å²) in [6.45, 7) is -0.444. The molecule has 0 radical (unpaired) electrons. The summed E-state index contributed by atoms with van der Waals surface area (Å²) in [4.78, 5) is 22.9. The van der Waals surface area contributed by atoms with E-state index in [4.69, 9.17) is 4.74 Å². The maximum atomic E-state index is 14.6. The van der Waals surface area contributed by atoms with E-state index >= 15 is 0 Å². The SMILES string of the molecule is O=C1c2ncn3c(NCc4c(F)ccc5c4CCO5)ncc(c23)-c2ccc(F)cc2CN1CC(F)F. The Kier molecular flexibility index (Phi) is 5.27. The van der Waals surface area contributed by atoms with E-state index in [1.54, 1.807) is 6.07 Å². The maximum absolute atomic E-state index is 14.6. The van der Waals surface area contributed by atoms with E-state index in [0.717, 1.165) is 10.5 Å². The number of nitrogens with zero attached hydrogens (tertiary/aromatic N) is 4. The molecule has 4 aromatic rings. The standard InChI is InChI=1S/C25H19F4N5O2/c26-14-1-2-15-13(7-14)10-33(11-21(28)29)24(35)22-23-18(15)9-31-25(34(23)12-32-22)30-8-17-16-5-6-36-20(16)4-3-19(17)27/h1-4,7,9,12,21H,5-6,8,10-11H2,(H,30,31). The van der Waals surface area contributed by atoms with Crippen molar-refractivity contribution in [1.82, 2.24) is 19.3 Å². The second-order valence-corrected chi connectivity index (χ2v) is 8.64. The van der Waals surface area contributed by atoms with Gasteiger partial charge in [0.05, 0.1) is 18.7 Å². The third kappa shape index (κ3) is 3.62. The first-order valence-corrected chi connectivity index (χ1v) is 11.3. The van der Waals surface area contributed by atoms with Gasteiger partial charge in [-0.3, -0.25) is 9.20 Å². The number of hydrogen-bond acceptors (Lipinski definition) is 5. The second-order valence-electron chi connectivity index (χ2n) is 8.64. The smallest absolute Gasteiger partial charge is 0.275 e. The van der Waals surface area contributed by atoms with Crippen molar-refractivity contribution in [2.45, 2.75) is 25.9 Å². The molecule has 4 heterocycles. The highest BCUT2D eigenvalue weighted by Gasteiger charge is 2.30. The van der Waals surface area contributed by atoms with E-state index < -0.39 is 24.7 Å². The summed E-state index contributed by atoms with van der Waals surface area (Å²) in [5, 5.41) is 3.10. The highest BCUT2D eigenvalue weighted by Crippen LogP contribution is 2.35. The number of imidazole rings is 1. The van der Waals surface area contributed by atoms with E-state index in [-0.39, 0.29) is 30.5 Å². The van der Waals surface area contributed by atoms with Gasteiger partial charge in [-0.2, -0.15) is 0 Å². The van der Waals surface area contributed by atoms with Gasteiger partial charge in [0.2, 0.25) is 5.95 Å². The Balaban J connectivity index is 1.46. The number of ether oxygens (including phenoxy) is 1. The largest absolute Gasteiger partial charge is 0.493 e. The first-order valence-electron chi connectivity index (χ1n) is 11.3. The Morgan fingerprint density at radius 1 is 1.11 bits per heavy atom. The zero-order valence-corrected chi connectivity index (χ0v) is 18.8. The van der Waals surface area contributed by atoms with E-state index in [1.807, 2.05) is 0 Å². The quantitative estimate of drug-likeness (QED) is 0.413. The summed E-state index contributed by atoms with van der Waals surface area (Å²) >= 11 is 0. The average molecular weight is 497 g/mol. The van der Waals surface area contributed by atoms with E-state index in [1.165, 1.54) is 41.2 Å². The van der Waals surface area contributed by atoms with Gasteiger partial charge in [0.15, 0.2) is 5.69 Å². The van der Waals surface area contributed by atoms with Gasteiger partial charge in [0, 0.05) is 42.4 Å². The number of benzene rings is 2. The molecule has 2 aliphatic heterocycles. The van der Waals surface area contributed by atoms with Gasteiger partial charge in [-0.25, -0.2) is 27.5 Å². The Morgan fingerprint density at radius 3 is 2.81 bits per heavy atom. The van der Waals surface area contributed by atoms with Crippen molar-refractivity contribution in [3.05, 3.63) is 76.9 Å². The van der Waals surface area contributed by atoms with Gasteiger partial charge >= 0.3 is 0 Å². The van der Waals surface area contributed by atoms with Crippen LogP contribution in [-0.4, -0.2) is 44.8 Å². The van der Waals surface area contributed by atoms with Crippen molar-refractivity contribution in [2.24, 2.45) is 0 Å². The summed E-state index contributed by atoms with van der Waals surface area (Å²) < 4.78 is 62.3. The van der Waals surface area contributed by atoms with Gasteiger partial charge in [0.1, 0.15) is 23.7 Å². The molecule has 1 amide bonds. The number of halogens is 4. The van der Waals surface area contributed by atoms with Gasteiger partial charge in [-0.15, -0.1) is 0 Å². The lowest BCUT2D eigenvalue weighted by atomic mass is 9.97. The summed E-state index contributed by atoms with van der Waals surface area (Å²) in [5.74, 6) is -0.705. The number of carbonyl (C=O) groups is 1. The van der Waals surface area contributed by atoms with Crippen LogP contribution >= 0.6 is 0 Å². The molecule has 36 heavy (non-hydrogen) atoms. The van der Waals surface area contributed by atoms with Crippen molar-refractivity contribution in [2.75, 3.05) is 18.5 Å². The van der Waals surface area contributed by atoms with Crippen LogP contribution in [0.4, 0.5) is 23.5 Å². The summed E-state index contributed by atoms with van der Waals surface area (Å²) in [6, 6.07) is 6.97. The Labute approximate surface area is 202 Å². The first kappa shape index (κ1) is 22.3. The number of fused-ring (bicyclic) bond motifs is 3. The maximum Gasteiger partial charge on any atom is 0.275 e. The van der Waals surface area contributed by atoms with Crippen LogP contribution in [0.5, 0.6) is 5.75 Å². The molecule has 184 valence electrons. The fraction of sp³-hybridized carbons (Fsp3) is 0.240. The average Bonchev–Trinajstić information content (AvgIpc) is 3.50. The third-order valence-electron chi connectivity index (χ3n) is 6.50. The molecule has 0 bridgehead atoms. The second kappa shape index (κ2) is 8.51. The highest BCUT2D eigenvalue weighted by atomic mass is 19.3. The van der Waals surface area contributed by atoms with Crippen molar-refractivity contribution >= 4 is 17.4 Å². The fourth-order valence-corrected chi connectivity index (χ4v) is 4.87. The van der Waals surface area contributed by atoms with Crippen LogP contribution in [0.2, 0.25) is 0 Å². The minimum atomic E-state index is -2.77. The number of aromatic nitrogens is 3. The number of anilines is 1. The lowest BCUT2D eigenvalue weighted by molar-refractivity contribution is 0.0531. The van der Waals surface area contributed by atoms with Crippen molar-refractivity contribution < 1.29 is 27.1 Å². The topological polar surface area (TPSA) is 71.8 Å². The molecule has 0 spiro atoms. The van der Waals surface area contributed by atoms with E-state index in [0.29, 0.717) is 46.5 Å². The number of carbonyl (C=O) groups excluding carboxylic acids is 1. The zero-order valence-electron chi connectivity index (χ0n) is 18.8. The summed E-state index contributed by atoms with van der Waals surface area (Å²) in [7, 11) is 0. The molecule has 0 unspecified atom stereocenters. The Bertz CT molecular complexity index is 1520. The first-order chi connectivity index (χ1) is 17.4. The number of hydrogen-bond donors (Lipinski definition) is 1. The van der Waals surface area contributed by atoms with E-state index in [2.05, 4.69) is 15.3 Å². The lowest BCUT2D eigenvalue weighted by Gasteiger charge is -2.26. The molecule has 1 N–H and O–H groups in total. The minimum absolute atomic E-state index is 0.0220. The van der Waals surface area contributed by atoms with Crippen molar-refractivity contribution in [3.63, 3.8) is 0 Å². The van der Waals surface area contributed by atoms with Gasteiger partial charge in [-0.05, 0) is 35.4 Å². The monoisotopic (exact) mass is 497 g/mol. The van der Waals surface area contributed by atoms with Crippen LogP contribution in [0.1, 0.15) is 27.2 Å². The number of nitrogens with one attached hydrogen (secondary N) is 1. The number of rotatable bonds is 5. The molecule has 11 heteroatoms. The molecule has 2 aromatic heterocycles. The molecule has 0 atom stereocenters. The molecule has 2 aliphatic rings. The summed E-state index contributed by atoms with van der Waals surface area (Å²) in [5.41, 5.74) is 2.99. The molecule has 2 aromatic carbocycles. The van der Waals surface area contributed by atoms with Crippen LogP contribution < -0.4 is 10.1 Å². The fourth-order valence-electron chi connectivity index (χ4n) is 4.87. The van der Waals surface area contributed by atoms with Gasteiger partial charge in [0.25, 0.3) is 12.3 Å². The molecule has 7 nitrogen and oxygen atoms in total. The number of alkyl halides is 2. The molecular weight excluding hydrogens is 478 g/mol. The van der Waals surface area contributed by atoms with Gasteiger partial charge < -0.3 is 15.0 Å². The predicted octanol–water partition coefficient (Wildman–Crippen LogP) is 4.44. The molecule has 6 rings (SSSR count). The molecule has 0 saturated carbocycles. The normalized spacial score (nSPS) is 14.5. The van der Waals surface area contributed by atoms with Crippen molar-refractivity contribution in [3.8, 4) is 16.9 Å². The van der Waals surface area contributed by atoms with Crippen LogP contribution in [0.3, 0.4) is 0 Å². The summed E-state index contributed by atoms with van der Waals surface area (Å²) in [6.07, 6.45) is 0.697. The number of amides is 1. The third-order valence-corrected chi connectivity index (χ3v) is 6.50. The zero-order chi connectivity index (χ0) is 25.0. The molecule has 0 saturated heterocycles. The van der Waals surface area contributed by atoms with Crippen LogP contribution in [-0.2, 0) is 19.5 Å². The Hall–Kier alpha value is -4.15. The highest BCUT2D eigenvalue weighted by molar-refractivity contribution is 6.04. The van der Waals surface area contributed by atoms with E-state index in [9.17, 15) is 22.4 Å². The lowest BCUT2D eigenvalue weighted by Crippen LogP contribution is -2.36. The van der Waals surface area contributed by atoms with Crippen molar-refractivity contribution in [1.29, 1.82) is 0 Å².